The van der Waals surface area contributed by atoms with Gasteiger partial charge in [0, 0.05) is 45.7 Å². The summed E-state index contributed by atoms with van der Waals surface area (Å²) in [6.07, 6.45) is 0.456. The number of nitrogens with one attached hydrogen (secondary N) is 1. The molecule has 0 aromatic heterocycles. The molecule has 0 aliphatic carbocycles. The molecular formula is C23H31N3O8S2. The molecule has 1 N–H and O–H groups in total. The van der Waals surface area contributed by atoms with Gasteiger partial charge in [0.2, 0.25) is 20.0 Å². The van der Waals surface area contributed by atoms with E-state index in [1.807, 2.05) is 4.90 Å². The second-order valence-corrected chi connectivity index (χ2v) is 12.0. The highest BCUT2D eigenvalue weighted by atomic mass is 32.2. The minimum absolute atomic E-state index is 0.0479. The lowest BCUT2D eigenvalue weighted by Gasteiger charge is -2.35. The lowest BCUT2D eigenvalue weighted by Crippen LogP contribution is -2.51. The highest BCUT2D eigenvalue weighted by molar-refractivity contribution is 7.92. The van der Waals surface area contributed by atoms with Crippen molar-refractivity contribution in [3.05, 3.63) is 48.5 Å². The second kappa shape index (κ2) is 11.9. The van der Waals surface area contributed by atoms with Crippen LogP contribution in [0.4, 0.5) is 5.69 Å². The van der Waals surface area contributed by atoms with Crippen LogP contribution < -0.4 is 14.2 Å². The Balaban J connectivity index is 1.57. The van der Waals surface area contributed by atoms with Crippen LogP contribution in [0.15, 0.2) is 53.4 Å². The number of nitrogens with zero attached hydrogens (tertiary/aromatic N) is 2. The van der Waals surface area contributed by atoms with Crippen molar-refractivity contribution in [2.45, 2.75) is 17.9 Å². The van der Waals surface area contributed by atoms with Gasteiger partial charge in [0.15, 0.2) is 0 Å². The van der Waals surface area contributed by atoms with Gasteiger partial charge in [-0.25, -0.2) is 16.8 Å². The molecule has 0 radical (unpaired) electrons. The van der Waals surface area contributed by atoms with Gasteiger partial charge in [-0.2, -0.15) is 4.31 Å². The standard InChI is InChI=1S/C23H31N3O8S2/c1-18(27)34-22(17-33-21-6-4-5-19(15-21)24-35(3,28)29)16-25-11-13-26(14-12-25)36(30,31)23-9-7-20(32-2)8-10-23/h4-10,15,22,24H,11-14,16-17H2,1-3H3. The maximum absolute atomic E-state index is 13.0. The van der Waals surface area contributed by atoms with E-state index in [1.165, 1.54) is 36.5 Å². The molecule has 1 aliphatic rings. The maximum atomic E-state index is 13.0. The first kappa shape index (κ1) is 27.7. The van der Waals surface area contributed by atoms with Crippen LogP contribution in [0.5, 0.6) is 11.5 Å². The summed E-state index contributed by atoms with van der Waals surface area (Å²) in [5.74, 6) is 0.531. The Kier molecular flexibility index (Phi) is 9.17. The number of anilines is 1. The molecule has 1 unspecified atom stereocenters. The van der Waals surface area contributed by atoms with Gasteiger partial charge in [-0.15, -0.1) is 0 Å². The van der Waals surface area contributed by atoms with Gasteiger partial charge in [0.1, 0.15) is 24.2 Å². The van der Waals surface area contributed by atoms with Crippen molar-refractivity contribution in [3.8, 4) is 11.5 Å². The Bertz CT molecular complexity index is 1240. The van der Waals surface area contributed by atoms with Crippen molar-refractivity contribution in [1.82, 2.24) is 9.21 Å². The van der Waals surface area contributed by atoms with Crippen molar-refractivity contribution >= 4 is 31.7 Å². The highest BCUT2D eigenvalue weighted by Gasteiger charge is 2.30. The Morgan fingerprint density at radius 1 is 1.00 bits per heavy atom. The first-order chi connectivity index (χ1) is 17.0. The fraction of sp³-hybridized carbons (Fsp3) is 0.435. The van der Waals surface area contributed by atoms with E-state index < -0.39 is 32.1 Å². The van der Waals surface area contributed by atoms with Gasteiger partial charge in [-0.05, 0) is 36.4 Å². The summed E-state index contributed by atoms with van der Waals surface area (Å²) in [4.78, 5) is 13.9. The van der Waals surface area contributed by atoms with Crippen molar-refractivity contribution in [2.75, 3.05) is 57.4 Å². The monoisotopic (exact) mass is 541 g/mol. The summed E-state index contributed by atoms with van der Waals surface area (Å²) < 4.78 is 68.9. The number of hydrogen-bond acceptors (Lipinski definition) is 9. The number of ether oxygens (including phenoxy) is 3. The number of hydrogen-bond donors (Lipinski definition) is 1. The number of rotatable bonds is 11. The van der Waals surface area contributed by atoms with E-state index in [2.05, 4.69) is 4.72 Å². The van der Waals surface area contributed by atoms with Gasteiger partial charge in [0.05, 0.1) is 23.9 Å². The molecule has 1 aliphatic heterocycles. The van der Waals surface area contributed by atoms with E-state index in [0.29, 0.717) is 49.9 Å². The quantitative estimate of drug-likeness (QED) is 0.419. The zero-order valence-corrected chi connectivity index (χ0v) is 22.0. The molecule has 198 valence electrons. The first-order valence-electron chi connectivity index (χ1n) is 11.2. The molecule has 1 fully saturated rings. The number of carbonyl (C=O) groups excluding carboxylic acids is 1. The van der Waals surface area contributed by atoms with Gasteiger partial charge in [-0.1, -0.05) is 6.07 Å². The van der Waals surface area contributed by atoms with Crippen LogP contribution in [0.3, 0.4) is 0 Å². The topological polar surface area (TPSA) is 132 Å². The normalized spacial score (nSPS) is 16.2. The van der Waals surface area contributed by atoms with Gasteiger partial charge < -0.3 is 14.2 Å². The van der Waals surface area contributed by atoms with Crippen LogP contribution in [0.1, 0.15) is 6.92 Å². The van der Waals surface area contributed by atoms with Gasteiger partial charge in [-0.3, -0.25) is 14.4 Å². The Labute approximate surface area is 212 Å². The number of piperazine rings is 1. The average Bonchev–Trinajstić information content (AvgIpc) is 2.82. The number of benzene rings is 2. The number of methoxy groups -OCH3 is 1. The van der Waals surface area contributed by atoms with Crippen LogP contribution in [-0.4, -0.2) is 90.8 Å². The third-order valence-corrected chi connectivity index (χ3v) is 7.92. The van der Waals surface area contributed by atoms with E-state index in [-0.39, 0.29) is 11.5 Å². The first-order valence-corrected chi connectivity index (χ1v) is 14.5. The van der Waals surface area contributed by atoms with E-state index in [0.717, 1.165) is 6.26 Å². The summed E-state index contributed by atoms with van der Waals surface area (Å²) >= 11 is 0. The number of sulfonamides is 2. The molecule has 0 spiro atoms. The minimum atomic E-state index is -3.63. The molecule has 1 atom stereocenters. The zero-order chi connectivity index (χ0) is 26.3. The molecule has 0 saturated carbocycles. The lowest BCUT2D eigenvalue weighted by atomic mass is 10.3. The van der Waals surface area contributed by atoms with E-state index in [9.17, 15) is 21.6 Å². The summed E-state index contributed by atoms with van der Waals surface area (Å²) in [5.41, 5.74) is 0.355. The van der Waals surface area contributed by atoms with E-state index in [4.69, 9.17) is 14.2 Å². The van der Waals surface area contributed by atoms with Crippen LogP contribution >= 0.6 is 0 Å². The molecule has 11 nitrogen and oxygen atoms in total. The summed E-state index contributed by atoms with van der Waals surface area (Å²) in [7, 11) is -5.54. The predicted octanol–water partition coefficient (Wildman–Crippen LogP) is 1.38. The van der Waals surface area contributed by atoms with Crippen molar-refractivity contribution in [2.24, 2.45) is 0 Å². The minimum Gasteiger partial charge on any atom is -0.497 e. The number of esters is 1. The molecule has 36 heavy (non-hydrogen) atoms. The zero-order valence-electron chi connectivity index (χ0n) is 20.4. The Hall–Kier alpha value is -2.87. The second-order valence-electron chi connectivity index (χ2n) is 8.32. The molecule has 0 amide bonds. The molecular weight excluding hydrogens is 510 g/mol. The Morgan fingerprint density at radius 2 is 1.67 bits per heavy atom. The largest absolute Gasteiger partial charge is 0.497 e. The SMILES string of the molecule is COc1ccc(S(=O)(=O)N2CCN(CC(COc3cccc(NS(C)(=O)=O)c3)OC(C)=O)CC2)cc1. The highest BCUT2D eigenvalue weighted by Crippen LogP contribution is 2.22. The van der Waals surface area contributed by atoms with Crippen LogP contribution in [0.25, 0.3) is 0 Å². The van der Waals surface area contributed by atoms with Gasteiger partial charge >= 0.3 is 5.97 Å². The molecule has 0 bridgehead atoms. The third-order valence-electron chi connectivity index (χ3n) is 5.40. The van der Waals surface area contributed by atoms with E-state index >= 15 is 0 Å². The average molecular weight is 542 g/mol. The smallest absolute Gasteiger partial charge is 0.303 e. The fourth-order valence-corrected chi connectivity index (χ4v) is 5.73. The third kappa shape index (κ3) is 8.08. The van der Waals surface area contributed by atoms with Crippen LogP contribution in [-0.2, 0) is 29.6 Å². The Morgan fingerprint density at radius 3 is 2.25 bits per heavy atom. The molecule has 1 saturated heterocycles. The summed E-state index contributed by atoms with van der Waals surface area (Å²) in [5, 5.41) is 0. The maximum Gasteiger partial charge on any atom is 0.303 e. The van der Waals surface area contributed by atoms with Crippen LogP contribution in [0, 0.1) is 0 Å². The molecule has 13 heteroatoms. The van der Waals surface area contributed by atoms with E-state index in [1.54, 1.807) is 30.3 Å². The lowest BCUT2D eigenvalue weighted by molar-refractivity contribution is -0.149. The fourth-order valence-electron chi connectivity index (χ4n) is 3.75. The van der Waals surface area contributed by atoms with Crippen molar-refractivity contribution in [3.63, 3.8) is 0 Å². The van der Waals surface area contributed by atoms with Gasteiger partial charge in [0.25, 0.3) is 0 Å². The molecule has 2 aromatic rings. The number of carbonyl (C=O) groups is 1. The molecule has 2 aromatic carbocycles. The van der Waals surface area contributed by atoms with Crippen LogP contribution in [0.2, 0.25) is 0 Å². The molecule has 1 heterocycles. The van der Waals surface area contributed by atoms with Crippen molar-refractivity contribution in [1.29, 1.82) is 0 Å². The summed E-state index contributed by atoms with van der Waals surface area (Å²) in [6.45, 7) is 3.22. The predicted molar refractivity (Wildman–Crippen MR) is 134 cm³/mol. The summed E-state index contributed by atoms with van der Waals surface area (Å²) in [6, 6.07) is 12.7. The molecule has 3 rings (SSSR count). The van der Waals surface area contributed by atoms with Crippen molar-refractivity contribution < 1.29 is 35.8 Å².